The first-order chi connectivity index (χ1) is 11.0. The maximum atomic E-state index is 12.4. The number of aliphatic hydroxyl groups is 1. The zero-order valence-corrected chi connectivity index (χ0v) is 12.7. The van der Waals surface area contributed by atoms with Crippen molar-refractivity contribution in [3.8, 4) is 5.75 Å². The quantitative estimate of drug-likeness (QED) is 0.832. The summed E-state index contributed by atoms with van der Waals surface area (Å²) in [4.78, 5) is 24.6. The van der Waals surface area contributed by atoms with Crippen LogP contribution < -0.4 is 10.1 Å². The summed E-state index contributed by atoms with van der Waals surface area (Å²) in [5.41, 5.74) is -0.422. The highest BCUT2D eigenvalue weighted by molar-refractivity contribution is 6.09. The summed E-state index contributed by atoms with van der Waals surface area (Å²) in [5, 5.41) is 13.3. The average Bonchev–Trinajstić information content (AvgIpc) is 2.80. The third kappa shape index (κ3) is 2.71. The molecule has 1 aliphatic heterocycles. The molecule has 0 spiro atoms. The van der Waals surface area contributed by atoms with Crippen LogP contribution in [0, 0.1) is 0 Å². The first kappa shape index (κ1) is 15.2. The molecule has 1 atom stereocenters. The molecular weight excluding hydrogens is 294 g/mol. The van der Waals surface area contributed by atoms with Crippen LogP contribution in [-0.2, 0) is 10.4 Å². The van der Waals surface area contributed by atoms with Crippen LogP contribution in [0.3, 0.4) is 0 Å². The molecule has 0 saturated heterocycles. The number of para-hydroxylation sites is 1. The van der Waals surface area contributed by atoms with Crippen LogP contribution in [0.15, 0.2) is 48.5 Å². The van der Waals surface area contributed by atoms with Gasteiger partial charge in [0.15, 0.2) is 11.4 Å². The van der Waals surface area contributed by atoms with Crippen molar-refractivity contribution in [1.82, 2.24) is 0 Å². The molecular formula is C18H17NO4. The van der Waals surface area contributed by atoms with Gasteiger partial charge in [-0.15, -0.1) is 0 Å². The first-order valence-electron chi connectivity index (χ1n) is 7.44. The molecule has 5 nitrogen and oxygen atoms in total. The van der Waals surface area contributed by atoms with Crippen LogP contribution in [0.5, 0.6) is 5.75 Å². The second-order valence-electron chi connectivity index (χ2n) is 5.42. The first-order valence-corrected chi connectivity index (χ1v) is 7.44. The lowest BCUT2D eigenvalue weighted by atomic mass is 9.88. The van der Waals surface area contributed by atoms with E-state index in [1.807, 2.05) is 6.92 Å². The van der Waals surface area contributed by atoms with E-state index in [4.69, 9.17) is 4.74 Å². The fourth-order valence-corrected chi connectivity index (χ4v) is 2.71. The fraction of sp³-hybridized carbons (Fsp3) is 0.222. The molecule has 23 heavy (non-hydrogen) atoms. The molecule has 1 amide bonds. The number of carbonyl (C=O) groups excluding carboxylic acids is 2. The number of rotatable bonds is 5. The van der Waals surface area contributed by atoms with Gasteiger partial charge in [0.25, 0.3) is 5.91 Å². The molecule has 0 bridgehead atoms. The van der Waals surface area contributed by atoms with E-state index in [2.05, 4.69) is 5.32 Å². The standard InChI is InChI=1S/C18H17NO4/c1-2-23-13-9-7-12(8-10-13)16(20)11-18(22)14-5-3-4-6-15(14)19-17(18)21/h3-10,22H,2,11H2,1H3,(H,19,21). The molecule has 2 N–H and O–H groups in total. The van der Waals surface area contributed by atoms with Gasteiger partial charge in [-0.2, -0.15) is 0 Å². The number of carbonyl (C=O) groups is 2. The van der Waals surface area contributed by atoms with Crippen molar-refractivity contribution in [2.24, 2.45) is 0 Å². The molecule has 5 heteroatoms. The topological polar surface area (TPSA) is 75.6 Å². The van der Waals surface area contributed by atoms with Crippen molar-refractivity contribution < 1.29 is 19.4 Å². The fourth-order valence-electron chi connectivity index (χ4n) is 2.71. The third-order valence-electron chi connectivity index (χ3n) is 3.90. The number of amides is 1. The molecule has 1 aliphatic rings. The van der Waals surface area contributed by atoms with E-state index in [0.29, 0.717) is 29.2 Å². The van der Waals surface area contributed by atoms with Crippen LogP contribution in [0.25, 0.3) is 0 Å². The van der Waals surface area contributed by atoms with E-state index in [1.54, 1.807) is 48.5 Å². The van der Waals surface area contributed by atoms with Gasteiger partial charge in [-0.3, -0.25) is 9.59 Å². The van der Waals surface area contributed by atoms with Gasteiger partial charge in [-0.25, -0.2) is 0 Å². The largest absolute Gasteiger partial charge is 0.494 e. The maximum Gasteiger partial charge on any atom is 0.261 e. The molecule has 1 heterocycles. The van der Waals surface area contributed by atoms with Crippen molar-refractivity contribution in [1.29, 1.82) is 0 Å². The highest BCUT2D eigenvalue weighted by Crippen LogP contribution is 2.38. The van der Waals surface area contributed by atoms with Crippen molar-refractivity contribution in [3.63, 3.8) is 0 Å². The Morgan fingerprint density at radius 2 is 1.87 bits per heavy atom. The summed E-state index contributed by atoms with van der Waals surface area (Å²) in [6.07, 6.45) is -0.302. The smallest absolute Gasteiger partial charge is 0.261 e. The van der Waals surface area contributed by atoms with Crippen molar-refractivity contribution in [3.05, 3.63) is 59.7 Å². The number of ether oxygens (including phenoxy) is 1. The van der Waals surface area contributed by atoms with E-state index in [9.17, 15) is 14.7 Å². The Kier molecular flexibility index (Phi) is 3.88. The number of hydrogen-bond acceptors (Lipinski definition) is 4. The van der Waals surface area contributed by atoms with Gasteiger partial charge in [0.2, 0.25) is 0 Å². The van der Waals surface area contributed by atoms with Gasteiger partial charge < -0.3 is 15.2 Å². The Morgan fingerprint density at radius 1 is 1.17 bits per heavy atom. The minimum atomic E-state index is -1.83. The lowest BCUT2D eigenvalue weighted by Crippen LogP contribution is -2.36. The minimum Gasteiger partial charge on any atom is -0.494 e. The highest BCUT2D eigenvalue weighted by atomic mass is 16.5. The summed E-state index contributed by atoms with van der Waals surface area (Å²) < 4.78 is 5.33. The summed E-state index contributed by atoms with van der Waals surface area (Å²) >= 11 is 0. The Bertz CT molecular complexity index is 754. The van der Waals surface area contributed by atoms with Gasteiger partial charge in [-0.1, -0.05) is 18.2 Å². The average molecular weight is 311 g/mol. The highest BCUT2D eigenvalue weighted by Gasteiger charge is 2.46. The number of anilines is 1. The minimum absolute atomic E-state index is 0.302. The van der Waals surface area contributed by atoms with Gasteiger partial charge >= 0.3 is 0 Å². The Morgan fingerprint density at radius 3 is 2.57 bits per heavy atom. The van der Waals surface area contributed by atoms with E-state index in [1.165, 1.54) is 0 Å². The molecule has 0 radical (unpaired) electrons. The zero-order valence-electron chi connectivity index (χ0n) is 12.7. The van der Waals surface area contributed by atoms with Crippen LogP contribution in [0.2, 0.25) is 0 Å². The SMILES string of the molecule is CCOc1ccc(C(=O)CC2(O)C(=O)Nc3ccccc32)cc1. The van der Waals surface area contributed by atoms with Crippen LogP contribution in [0.4, 0.5) is 5.69 Å². The molecule has 0 aromatic heterocycles. The zero-order chi connectivity index (χ0) is 16.4. The van der Waals surface area contributed by atoms with E-state index in [-0.39, 0.29) is 12.2 Å². The molecule has 2 aromatic rings. The normalized spacial score (nSPS) is 19.1. The molecule has 0 aliphatic carbocycles. The number of Topliss-reactive ketones (excluding diaryl/α,β-unsaturated/α-hetero) is 1. The summed E-state index contributed by atoms with van der Waals surface area (Å²) in [7, 11) is 0. The molecule has 0 saturated carbocycles. The molecule has 3 rings (SSSR count). The summed E-state index contributed by atoms with van der Waals surface area (Å²) in [6.45, 7) is 2.43. The number of benzene rings is 2. The summed E-state index contributed by atoms with van der Waals surface area (Å²) in [5.74, 6) is -0.202. The number of fused-ring (bicyclic) bond motifs is 1. The van der Waals surface area contributed by atoms with Crippen molar-refractivity contribution in [2.75, 3.05) is 11.9 Å². The number of ketones is 1. The number of nitrogens with one attached hydrogen (secondary N) is 1. The van der Waals surface area contributed by atoms with Crippen molar-refractivity contribution in [2.45, 2.75) is 18.9 Å². The van der Waals surface area contributed by atoms with Crippen molar-refractivity contribution >= 4 is 17.4 Å². The van der Waals surface area contributed by atoms with Gasteiger partial charge in [-0.05, 0) is 37.3 Å². The van der Waals surface area contributed by atoms with Crippen LogP contribution >= 0.6 is 0 Å². The maximum absolute atomic E-state index is 12.4. The lowest BCUT2D eigenvalue weighted by Gasteiger charge is -2.20. The van der Waals surface area contributed by atoms with E-state index >= 15 is 0 Å². The van der Waals surface area contributed by atoms with Crippen LogP contribution in [-0.4, -0.2) is 23.4 Å². The predicted molar refractivity (Wildman–Crippen MR) is 85.5 cm³/mol. The monoisotopic (exact) mass is 311 g/mol. The molecule has 118 valence electrons. The lowest BCUT2D eigenvalue weighted by molar-refractivity contribution is -0.133. The van der Waals surface area contributed by atoms with Gasteiger partial charge in [0.1, 0.15) is 5.75 Å². The van der Waals surface area contributed by atoms with Gasteiger partial charge in [0.05, 0.1) is 13.0 Å². The third-order valence-corrected chi connectivity index (χ3v) is 3.90. The second kappa shape index (κ2) is 5.85. The molecule has 2 aromatic carbocycles. The summed E-state index contributed by atoms with van der Waals surface area (Å²) in [6, 6.07) is 13.5. The molecule has 0 fully saturated rings. The van der Waals surface area contributed by atoms with E-state index < -0.39 is 11.5 Å². The molecule has 1 unspecified atom stereocenters. The Balaban J connectivity index is 1.83. The second-order valence-corrected chi connectivity index (χ2v) is 5.42. The predicted octanol–water partition coefficient (Wildman–Crippen LogP) is 2.50. The number of hydrogen-bond donors (Lipinski definition) is 2. The van der Waals surface area contributed by atoms with E-state index in [0.717, 1.165) is 0 Å². The van der Waals surface area contributed by atoms with Gasteiger partial charge in [0, 0.05) is 16.8 Å². The Labute approximate surface area is 133 Å². The van der Waals surface area contributed by atoms with Crippen LogP contribution in [0.1, 0.15) is 29.3 Å². The Hall–Kier alpha value is -2.66.